The highest BCUT2D eigenvalue weighted by molar-refractivity contribution is 5.76. The highest BCUT2D eigenvalue weighted by Crippen LogP contribution is 2.20. The topological polar surface area (TPSA) is 51.2 Å². The number of rotatable bonds is 7. The van der Waals surface area contributed by atoms with E-state index in [0.29, 0.717) is 12.8 Å². The third-order valence-electron chi connectivity index (χ3n) is 3.47. The zero-order valence-corrected chi connectivity index (χ0v) is 14.0. The number of nitrogens with zero attached hydrogens (tertiary/aromatic N) is 1. The third kappa shape index (κ3) is 5.74. The van der Waals surface area contributed by atoms with Crippen LogP contribution in [0.1, 0.15) is 44.4 Å². The van der Waals surface area contributed by atoms with Crippen LogP contribution >= 0.6 is 0 Å². The number of aromatic nitrogens is 1. The Hall–Kier alpha value is -2.36. The molecule has 4 nitrogen and oxygen atoms in total. The van der Waals surface area contributed by atoms with Gasteiger partial charge >= 0.3 is 0 Å². The summed E-state index contributed by atoms with van der Waals surface area (Å²) in [5.41, 5.74) is 2.11. The van der Waals surface area contributed by atoms with E-state index >= 15 is 0 Å². The molecule has 0 saturated carbocycles. The molecule has 2 rings (SSSR count). The van der Waals surface area contributed by atoms with Crippen molar-refractivity contribution in [3.63, 3.8) is 0 Å². The first-order valence-electron chi connectivity index (χ1n) is 7.99. The molecule has 122 valence electrons. The Labute approximate surface area is 137 Å². The summed E-state index contributed by atoms with van der Waals surface area (Å²) in [6.07, 6.45) is 4.82. The van der Waals surface area contributed by atoms with Crippen molar-refractivity contribution < 1.29 is 9.53 Å². The van der Waals surface area contributed by atoms with Crippen LogP contribution in [0.25, 0.3) is 0 Å². The molecule has 0 radical (unpaired) electrons. The SMILES string of the molecule is CC(C)Oc1cccc(C(C)NC(=O)CCc2cccnc2)c1. The van der Waals surface area contributed by atoms with Gasteiger partial charge in [0.2, 0.25) is 5.91 Å². The van der Waals surface area contributed by atoms with Crippen molar-refractivity contribution in [2.45, 2.75) is 45.8 Å². The van der Waals surface area contributed by atoms with Crippen LogP contribution in [-0.4, -0.2) is 17.0 Å². The van der Waals surface area contributed by atoms with E-state index in [1.807, 2.05) is 57.2 Å². The average Bonchev–Trinajstić information content (AvgIpc) is 2.53. The van der Waals surface area contributed by atoms with E-state index < -0.39 is 0 Å². The predicted molar refractivity (Wildman–Crippen MR) is 91.3 cm³/mol. The molecule has 4 heteroatoms. The lowest BCUT2D eigenvalue weighted by molar-refractivity contribution is -0.121. The van der Waals surface area contributed by atoms with Crippen molar-refractivity contribution in [3.05, 3.63) is 59.9 Å². The first kappa shape index (κ1) is 17.0. The molecule has 0 bridgehead atoms. The molecule has 0 spiro atoms. The summed E-state index contributed by atoms with van der Waals surface area (Å²) < 4.78 is 5.70. The molecule has 0 aliphatic carbocycles. The summed E-state index contributed by atoms with van der Waals surface area (Å²) in [6, 6.07) is 11.7. The maximum Gasteiger partial charge on any atom is 0.220 e. The molecule has 0 fully saturated rings. The van der Waals surface area contributed by atoms with Crippen LogP contribution in [0.4, 0.5) is 0 Å². The van der Waals surface area contributed by atoms with Crippen molar-refractivity contribution in [1.29, 1.82) is 0 Å². The number of nitrogens with one attached hydrogen (secondary N) is 1. The van der Waals surface area contributed by atoms with E-state index in [2.05, 4.69) is 10.3 Å². The zero-order chi connectivity index (χ0) is 16.7. The summed E-state index contributed by atoms with van der Waals surface area (Å²) in [5.74, 6) is 0.866. The van der Waals surface area contributed by atoms with E-state index in [-0.39, 0.29) is 18.1 Å². The lowest BCUT2D eigenvalue weighted by Gasteiger charge is -2.16. The molecule has 1 amide bonds. The monoisotopic (exact) mass is 312 g/mol. The second-order valence-corrected chi connectivity index (χ2v) is 5.89. The van der Waals surface area contributed by atoms with Crippen LogP contribution in [0, 0.1) is 0 Å². The number of carbonyl (C=O) groups excluding carboxylic acids is 1. The number of hydrogen-bond donors (Lipinski definition) is 1. The van der Waals surface area contributed by atoms with Gasteiger partial charge in [-0.25, -0.2) is 0 Å². The quantitative estimate of drug-likeness (QED) is 0.848. The van der Waals surface area contributed by atoms with Gasteiger partial charge in [0.1, 0.15) is 5.75 Å². The Kier molecular flexibility index (Phi) is 6.15. The molecule has 23 heavy (non-hydrogen) atoms. The number of ether oxygens (including phenoxy) is 1. The minimum Gasteiger partial charge on any atom is -0.491 e. The minimum atomic E-state index is -0.0490. The molecule has 0 aliphatic heterocycles. The van der Waals surface area contributed by atoms with Gasteiger partial charge in [-0.15, -0.1) is 0 Å². The maximum atomic E-state index is 12.1. The van der Waals surface area contributed by atoms with Gasteiger partial charge in [-0.3, -0.25) is 9.78 Å². The lowest BCUT2D eigenvalue weighted by atomic mass is 10.1. The smallest absolute Gasteiger partial charge is 0.220 e. The summed E-state index contributed by atoms with van der Waals surface area (Å²) in [5, 5.41) is 3.03. The number of carbonyl (C=O) groups is 1. The van der Waals surface area contributed by atoms with Gasteiger partial charge in [0.15, 0.2) is 0 Å². The molecular weight excluding hydrogens is 288 g/mol. The Balaban J connectivity index is 1.88. The lowest BCUT2D eigenvalue weighted by Crippen LogP contribution is -2.26. The molecular formula is C19H24N2O2. The molecule has 1 atom stereocenters. The number of amides is 1. The van der Waals surface area contributed by atoms with E-state index in [1.54, 1.807) is 12.4 Å². The maximum absolute atomic E-state index is 12.1. The molecule has 1 unspecified atom stereocenters. The van der Waals surface area contributed by atoms with Gasteiger partial charge in [0.05, 0.1) is 12.1 Å². The highest BCUT2D eigenvalue weighted by atomic mass is 16.5. The predicted octanol–water partition coefficient (Wildman–Crippen LogP) is 3.68. The molecule has 1 aromatic carbocycles. The van der Waals surface area contributed by atoms with Crippen LogP contribution in [0.15, 0.2) is 48.8 Å². The van der Waals surface area contributed by atoms with Crippen molar-refractivity contribution in [1.82, 2.24) is 10.3 Å². The summed E-state index contributed by atoms with van der Waals surface area (Å²) in [7, 11) is 0. The second kappa shape index (κ2) is 8.32. The van der Waals surface area contributed by atoms with Gasteiger partial charge in [0.25, 0.3) is 0 Å². The van der Waals surface area contributed by atoms with Gasteiger partial charge in [-0.2, -0.15) is 0 Å². The van der Waals surface area contributed by atoms with Crippen molar-refractivity contribution in [3.8, 4) is 5.75 Å². The fourth-order valence-electron chi connectivity index (χ4n) is 2.33. The Morgan fingerprint density at radius 1 is 1.22 bits per heavy atom. The van der Waals surface area contributed by atoms with Crippen LogP contribution in [0.3, 0.4) is 0 Å². The second-order valence-electron chi connectivity index (χ2n) is 5.89. The van der Waals surface area contributed by atoms with Crippen LogP contribution in [0.5, 0.6) is 5.75 Å². The fourth-order valence-corrected chi connectivity index (χ4v) is 2.33. The number of aryl methyl sites for hydroxylation is 1. The number of pyridine rings is 1. The van der Waals surface area contributed by atoms with Gasteiger partial charge in [-0.05, 0) is 56.5 Å². The van der Waals surface area contributed by atoms with Gasteiger partial charge < -0.3 is 10.1 Å². The van der Waals surface area contributed by atoms with E-state index in [1.165, 1.54) is 0 Å². The highest BCUT2D eigenvalue weighted by Gasteiger charge is 2.11. The zero-order valence-electron chi connectivity index (χ0n) is 14.0. The van der Waals surface area contributed by atoms with Crippen LogP contribution in [-0.2, 0) is 11.2 Å². The standard InChI is InChI=1S/C19H24N2O2/c1-14(2)23-18-8-4-7-17(12-18)15(3)21-19(22)10-9-16-6-5-11-20-13-16/h4-8,11-15H,9-10H2,1-3H3,(H,21,22). The summed E-state index contributed by atoms with van der Waals surface area (Å²) in [6.45, 7) is 5.98. The Bertz CT molecular complexity index is 626. The van der Waals surface area contributed by atoms with E-state index in [0.717, 1.165) is 16.9 Å². The molecule has 0 saturated heterocycles. The average molecular weight is 312 g/mol. The van der Waals surface area contributed by atoms with Gasteiger partial charge in [0, 0.05) is 18.8 Å². The molecule has 1 heterocycles. The minimum absolute atomic E-state index is 0.0385. The molecule has 1 N–H and O–H groups in total. The first-order chi connectivity index (χ1) is 11.0. The molecule has 0 aliphatic rings. The number of hydrogen-bond acceptors (Lipinski definition) is 3. The van der Waals surface area contributed by atoms with Crippen LogP contribution < -0.4 is 10.1 Å². The Morgan fingerprint density at radius 2 is 2.04 bits per heavy atom. The normalized spacial score (nSPS) is 12.0. The third-order valence-corrected chi connectivity index (χ3v) is 3.47. The van der Waals surface area contributed by atoms with Crippen molar-refractivity contribution in [2.75, 3.05) is 0 Å². The molecule has 2 aromatic rings. The molecule has 1 aromatic heterocycles. The summed E-state index contributed by atoms with van der Waals surface area (Å²) in [4.78, 5) is 16.2. The van der Waals surface area contributed by atoms with E-state index in [4.69, 9.17) is 4.74 Å². The fraction of sp³-hybridized carbons (Fsp3) is 0.368. The number of benzene rings is 1. The van der Waals surface area contributed by atoms with Crippen molar-refractivity contribution >= 4 is 5.91 Å². The van der Waals surface area contributed by atoms with Crippen LogP contribution in [0.2, 0.25) is 0 Å². The largest absolute Gasteiger partial charge is 0.491 e. The first-order valence-corrected chi connectivity index (χ1v) is 7.99. The van der Waals surface area contributed by atoms with Crippen molar-refractivity contribution in [2.24, 2.45) is 0 Å². The Morgan fingerprint density at radius 3 is 2.74 bits per heavy atom. The van der Waals surface area contributed by atoms with E-state index in [9.17, 15) is 4.79 Å². The summed E-state index contributed by atoms with van der Waals surface area (Å²) >= 11 is 0. The van der Waals surface area contributed by atoms with Gasteiger partial charge in [-0.1, -0.05) is 18.2 Å².